The van der Waals surface area contributed by atoms with Crippen molar-refractivity contribution in [2.45, 2.75) is 12.5 Å². The molecule has 1 aliphatic heterocycles. The molecule has 1 unspecified atom stereocenters. The van der Waals surface area contributed by atoms with E-state index in [1.807, 2.05) is 6.07 Å². The topological polar surface area (TPSA) is 37.8 Å². The van der Waals surface area contributed by atoms with E-state index in [0.717, 1.165) is 17.6 Å². The molecule has 3 nitrogen and oxygen atoms in total. The lowest BCUT2D eigenvalue weighted by Gasteiger charge is -2.27. The molecule has 1 aromatic carbocycles. The van der Waals surface area contributed by atoms with Crippen molar-refractivity contribution in [1.82, 2.24) is 15.3 Å². The van der Waals surface area contributed by atoms with Crippen LogP contribution in [0.5, 0.6) is 0 Å². The first-order valence-electron chi connectivity index (χ1n) is 4.87. The Balaban J connectivity index is 2.10. The van der Waals surface area contributed by atoms with Gasteiger partial charge in [0.15, 0.2) is 0 Å². The molecule has 0 bridgehead atoms. The molecule has 1 fully saturated rings. The number of rotatable bonds is 1. The van der Waals surface area contributed by atoms with Crippen LogP contribution in [0.25, 0.3) is 11.0 Å². The molecular formula is C11H11N3. The van der Waals surface area contributed by atoms with Crippen molar-refractivity contribution in [2.75, 3.05) is 6.54 Å². The van der Waals surface area contributed by atoms with E-state index in [9.17, 15) is 0 Å². The van der Waals surface area contributed by atoms with Crippen molar-refractivity contribution in [3.05, 3.63) is 36.2 Å². The fraction of sp³-hybridized carbons (Fsp3) is 0.273. The lowest BCUT2D eigenvalue weighted by Crippen LogP contribution is -2.34. The summed E-state index contributed by atoms with van der Waals surface area (Å²) in [5.74, 6) is 0. The van der Waals surface area contributed by atoms with E-state index in [1.165, 1.54) is 12.0 Å². The minimum Gasteiger partial charge on any atom is -0.310 e. The van der Waals surface area contributed by atoms with Crippen LogP contribution in [-0.4, -0.2) is 16.5 Å². The van der Waals surface area contributed by atoms with E-state index in [-0.39, 0.29) is 0 Å². The average molecular weight is 185 g/mol. The minimum absolute atomic E-state index is 0.529. The van der Waals surface area contributed by atoms with E-state index < -0.39 is 0 Å². The minimum atomic E-state index is 0.529. The average Bonchev–Trinajstić information content (AvgIpc) is 2.15. The van der Waals surface area contributed by atoms with Gasteiger partial charge in [-0.25, -0.2) is 0 Å². The molecule has 1 atom stereocenters. The fourth-order valence-electron chi connectivity index (χ4n) is 1.77. The molecule has 1 aliphatic rings. The first kappa shape index (κ1) is 7.88. The van der Waals surface area contributed by atoms with Crippen LogP contribution in [0.1, 0.15) is 18.0 Å². The van der Waals surface area contributed by atoms with Gasteiger partial charge in [-0.1, -0.05) is 6.07 Å². The van der Waals surface area contributed by atoms with Crippen LogP contribution in [-0.2, 0) is 0 Å². The maximum absolute atomic E-state index is 4.29. The molecule has 1 N–H and O–H groups in total. The monoisotopic (exact) mass is 185 g/mol. The SMILES string of the molecule is c1cnc2cc(C3CCN3)ccc2n1. The van der Waals surface area contributed by atoms with Crippen molar-refractivity contribution in [3.63, 3.8) is 0 Å². The van der Waals surface area contributed by atoms with Crippen molar-refractivity contribution in [2.24, 2.45) is 0 Å². The van der Waals surface area contributed by atoms with E-state index in [2.05, 4.69) is 27.4 Å². The zero-order chi connectivity index (χ0) is 9.38. The number of fused-ring (bicyclic) bond motifs is 1. The van der Waals surface area contributed by atoms with Crippen molar-refractivity contribution in [1.29, 1.82) is 0 Å². The molecule has 2 aromatic rings. The molecule has 14 heavy (non-hydrogen) atoms. The van der Waals surface area contributed by atoms with Crippen LogP contribution in [0.3, 0.4) is 0 Å². The zero-order valence-corrected chi connectivity index (χ0v) is 7.77. The molecule has 3 rings (SSSR count). The van der Waals surface area contributed by atoms with Gasteiger partial charge in [0, 0.05) is 18.4 Å². The smallest absolute Gasteiger partial charge is 0.0890 e. The first-order chi connectivity index (χ1) is 6.93. The number of hydrogen-bond acceptors (Lipinski definition) is 3. The molecule has 2 heterocycles. The maximum atomic E-state index is 4.29. The third-order valence-electron chi connectivity index (χ3n) is 2.72. The second kappa shape index (κ2) is 3.03. The maximum Gasteiger partial charge on any atom is 0.0890 e. The summed E-state index contributed by atoms with van der Waals surface area (Å²) in [6.45, 7) is 1.13. The Morgan fingerprint density at radius 2 is 1.93 bits per heavy atom. The highest BCUT2D eigenvalue weighted by Crippen LogP contribution is 2.24. The lowest BCUT2D eigenvalue weighted by atomic mass is 9.98. The van der Waals surface area contributed by atoms with Crippen molar-refractivity contribution >= 4 is 11.0 Å². The van der Waals surface area contributed by atoms with Gasteiger partial charge in [-0.2, -0.15) is 0 Å². The predicted octanol–water partition coefficient (Wildman–Crippen LogP) is 1.66. The van der Waals surface area contributed by atoms with Gasteiger partial charge in [-0.3, -0.25) is 9.97 Å². The summed E-state index contributed by atoms with van der Waals surface area (Å²) in [6, 6.07) is 6.83. The Labute approximate surface area is 82.2 Å². The standard InChI is InChI=1S/C11H11N3/c1-2-10-11(14-6-5-13-10)7-8(1)9-3-4-12-9/h1-2,5-7,9,12H,3-4H2. The highest BCUT2D eigenvalue weighted by molar-refractivity contribution is 5.74. The Morgan fingerprint density at radius 3 is 2.64 bits per heavy atom. The number of benzene rings is 1. The Morgan fingerprint density at radius 1 is 1.14 bits per heavy atom. The third kappa shape index (κ3) is 1.17. The van der Waals surface area contributed by atoms with Crippen LogP contribution in [0.2, 0.25) is 0 Å². The largest absolute Gasteiger partial charge is 0.310 e. The van der Waals surface area contributed by atoms with Crippen LogP contribution in [0.4, 0.5) is 0 Å². The van der Waals surface area contributed by atoms with Gasteiger partial charge in [0.25, 0.3) is 0 Å². The quantitative estimate of drug-likeness (QED) is 0.734. The number of aromatic nitrogens is 2. The number of nitrogens with zero attached hydrogens (tertiary/aromatic N) is 2. The van der Waals surface area contributed by atoms with Gasteiger partial charge in [0.1, 0.15) is 0 Å². The highest BCUT2D eigenvalue weighted by Gasteiger charge is 2.18. The number of hydrogen-bond donors (Lipinski definition) is 1. The Hall–Kier alpha value is -1.48. The second-order valence-electron chi connectivity index (χ2n) is 3.60. The second-order valence-corrected chi connectivity index (χ2v) is 3.60. The molecule has 0 spiro atoms. The zero-order valence-electron chi connectivity index (χ0n) is 7.77. The molecule has 0 amide bonds. The summed E-state index contributed by atoms with van der Waals surface area (Å²) >= 11 is 0. The number of nitrogens with one attached hydrogen (secondary N) is 1. The van der Waals surface area contributed by atoms with Crippen molar-refractivity contribution in [3.8, 4) is 0 Å². The molecule has 3 heteroatoms. The molecule has 1 saturated heterocycles. The van der Waals surface area contributed by atoms with E-state index in [0.29, 0.717) is 6.04 Å². The summed E-state index contributed by atoms with van der Waals surface area (Å²) in [5.41, 5.74) is 3.28. The van der Waals surface area contributed by atoms with Crippen LogP contribution in [0.15, 0.2) is 30.6 Å². The van der Waals surface area contributed by atoms with Gasteiger partial charge in [-0.15, -0.1) is 0 Å². The molecule has 0 radical (unpaired) electrons. The molecule has 0 aliphatic carbocycles. The van der Waals surface area contributed by atoms with Gasteiger partial charge in [0.05, 0.1) is 11.0 Å². The lowest BCUT2D eigenvalue weighted by molar-refractivity contribution is 0.383. The summed E-state index contributed by atoms with van der Waals surface area (Å²) < 4.78 is 0. The van der Waals surface area contributed by atoms with Gasteiger partial charge >= 0.3 is 0 Å². The van der Waals surface area contributed by atoms with Crippen LogP contribution < -0.4 is 5.32 Å². The van der Waals surface area contributed by atoms with Crippen LogP contribution >= 0.6 is 0 Å². The van der Waals surface area contributed by atoms with Gasteiger partial charge in [-0.05, 0) is 30.7 Å². The first-order valence-corrected chi connectivity index (χ1v) is 4.87. The molecule has 70 valence electrons. The summed E-state index contributed by atoms with van der Waals surface area (Å²) in [5, 5.41) is 3.38. The summed E-state index contributed by atoms with van der Waals surface area (Å²) in [4.78, 5) is 8.53. The van der Waals surface area contributed by atoms with Gasteiger partial charge < -0.3 is 5.32 Å². The molecule has 0 saturated carbocycles. The van der Waals surface area contributed by atoms with E-state index in [4.69, 9.17) is 0 Å². The summed E-state index contributed by atoms with van der Waals surface area (Å²) in [7, 11) is 0. The Bertz CT molecular complexity index is 463. The van der Waals surface area contributed by atoms with E-state index >= 15 is 0 Å². The van der Waals surface area contributed by atoms with Crippen molar-refractivity contribution < 1.29 is 0 Å². The Kier molecular flexibility index (Phi) is 1.70. The van der Waals surface area contributed by atoms with E-state index in [1.54, 1.807) is 12.4 Å². The van der Waals surface area contributed by atoms with Crippen LogP contribution in [0, 0.1) is 0 Å². The highest BCUT2D eigenvalue weighted by atomic mass is 15.0. The summed E-state index contributed by atoms with van der Waals surface area (Å²) in [6.07, 6.45) is 4.69. The van der Waals surface area contributed by atoms with Gasteiger partial charge in [0.2, 0.25) is 0 Å². The fourth-order valence-corrected chi connectivity index (χ4v) is 1.77. The third-order valence-corrected chi connectivity index (χ3v) is 2.72. The molecular weight excluding hydrogens is 174 g/mol. The molecule has 1 aromatic heterocycles. The predicted molar refractivity (Wildman–Crippen MR) is 54.9 cm³/mol. The normalized spacial score (nSPS) is 20.7.